The van der Waals surface area contributed by atoms with Gasteiger partial charge in [-0.2, -0.15) is 0 Å². The van der Waals surface area contributed by atoms with Crippen molar-refractivity contribution in [3.63, 3.8) is 0 Å². The van der Waals surface area contributed by atoms with Gasteiger partial charge in [0.15, 0.2) is 0 Å². The highest BCUT2D eigenvalue weighted by Crippen LogP contribution is 2.27. The molecule has 0 spiro atoms. The van der Waals surface area contributed by atoms with Crippen LogP contribution in [0.25, 0.3) is 10.6 Å². The van der Waals surface area contributed by atoms with Crippen molar-refractivity contribution in [2.24, 2.45) is 0 Å². The van der Waals surface area contributed by atoms with Crippen molar-refractivity contribution >= 4 is 22.9 Å². The number of aromatic nitrogens is 1. The molecule has 3 aromatic rings. The van der Waals surface area contributed by atoms with E-state index in [2.05, 4.69) is 10.3 Å². The van der Waals surface area contributed by atoms with Gasteiger partial charge in [-0.25, -0.2) is 13.8 Å². The number of carbonyl (C=O) groups is 1. The molecule has 0 aliphatic rings. The maximum absolute atomic E-state index is 14.0. The summed E-state index contributed by atoms with van der Waals surface area (Å²) in [6.07, 6.45) is 0. The monoisotopic (exact) mass is 360 g/mol. The smallest absolute Gasteiger partial charge is 0.275 e. The molecule has 0 saturated heterocycles. The van der Waals surface area contributed by atoms with Gasteiger partial charge >= 0.3 is 0 Å². The molecule has 128 valence electrons. The highest BCUT2D eigenvalue weighted by molar-refractivity contribution is 7.13. The molecule has 7 heteroatoms. The zero-order chi connectivity index (χ0) is 17.8. The molecule has 1 aromatic heterocycles. The second-order valence-electron chi connectivity index (χ2n) is 5.05. The fourth-order valence-corrected chi connectivity index (χ4v) is 3.00. The van der Waals surface area contributed by atoms with Gasteiger partial charge in [-0.15, -0.1) is 11.3 Å². The summed E-state index contributed by atoms with van der Waals surface area (Å²) in [7, 11) is 0. The Morgan fingerprint density at radius 1 is 1.20 bits per heavy atom. The number of ether oxygens (including phenoxy) is 1. The summed E-state index contributed by atoms with van der Waals surface area (Å²) in [5.74, 6) is -1.21. The second kappa shape index (κ2) is 7.40. The van der Waals surface area contributed by atoms with Crippen LogP contribution in [0.15, 0.2) is 47.8 Å². The van der Waals surface area contributed by atoms with Crippen molar-refractivity contribution in [2.75, 3.05) is 11.9 Å². The maximum Gasteiger partial charge on any atom is 0.275 e. The molecule has 0 unspecified atom stereocenters. The number of carbonyl (C=O) groups excluding carboxylic acids is 1. The molecule has 2 aromatic carbocycles. The number of nitrogens with one attached hydrogen (secondary N) is 1. The molecule has 4 nitrogen and oxygen atoms in total. The first-order valence-electron chi connectivity index (χ1n) is 7.52. The van der Waals surface area contributed by atoms with Gasteiger partial charge < -0.3 is 10.1 Å². The molecule has 25 heavy (non-hydrogen) atoms. The van der Waals surface area contributed by atoms with Gasteiger partial charge in [0.05, 0.1) is 12.3 Å². The number of hydrogen-bond donors (Lipinski definition) is 1. The number of benzene rings is 2. The number of rotatable bonds is 5. The van der Waals surface area contributed by atoms with Gasteiger partial charge in [0.2, 0.25) is 0 Å². The molecule has 0 bridgehead atoms. The Hall–Kier alpha value is -2.80. The third-order valence-electron chi connectivity index (χ3n) is 3.34. The van der Waals surface area contributed by atoms with E-state index in [-0.39, 0.29) is 11.4 Å². The van der Waals surface area contributed by atoms with Crippen molar-refractivity contribution < 1.29 is 18.3 Å². The van der Waals surface area contributed by atoms with Crippen molar-refractivity contribution in [1.29, 1.82) is 0 Å². The van der Waals surface area contributed by atoms with Crippen LogP contribution < -0.4 is 10.1 Å². The minimum Gasteiger partial charge on any atom is -0.494 e. The molecule has 1 heterocycles. The van der Waals surface area contributed by atoms with Crippen LogP contribution in [0.1, 0.15) is 17.4 Å². The number of nitrogens with zero attached hydrogens (tertiary/aromatic N) is 1. The Labute approximate surface area is 147 Å². The SMILES string of the molecule is CCOc1ccc(NC(=O)c2csc(-c3ccccc3F)n2)c(F)c1. The Kier molecular flexibility index (Phi) is 5.04. The van der Waals surface area contributed by atoms with E-state index >= 15 is 0 Å². The summed E-state index contributed by atoms with van der Waals surface area (Å²) < 4.78 is 33.0. The van der Waals surface area contributed by atoms with Crippen molar-refractivity contribution in [3.8, 4) is 16.3 Å². The van der Waals surface area contributed by atoms with Gasteiger partial charge in [-0.3, -0.25) is 4.79 Å². The molecule has 0 saturated carbocycles. The Morgan fingerprint density at radius 2 is 2.00 bits per heavy atom. The molecule has 0 fully saturated rings. The van der Waals surface area contributed by atoms with Crippen LogP contribution in [0, 0.1) is 11.6 Å². The first kappa shape index (κ1) is 17.0. The van der Waals surface area contributed by atoms with E-state index in [0.29, 0.717) is 22.9 Å². The van der Waals surface area contributed by atoms with E-state index in [4.69, 9.17) is 4.74 Å². The number of anilines is 1. The summed E-state index contributed by atoms with van der Waals surface area (Å²) >= 11 is 1.14. The highest BCUT2D eigenvalue weighted by atomic mass is 32.1. The van der Waals surface area contributed by atoms with Crippen LogP contribution in [0.4, 0.5) is 14.5 Å². The zero-order valence-electron chi connectivity index (χ0n) is 13.3. The Morgan fingerprint density at radius 3 is 2.72 bits per heavy atom. The van der Waals surface area contributed by atoms with Crippen molar-refractivity contribution in [1.82, 2.24) is 4.98 Å². The predicted molar refractivity (Wildman–Crippen MR) is 93.0 cm³/mol. The van der Waals surface area contributed by atoms with Crippen molar-refractivity contribution in [3.05, 3.63) is 65.2 Å². The van der Waals surface area contributed by atoms with Crippen LogP contribution in [-0.2, 0) is 0 Å². The number of amides is 1. The first-order valence-corrected chi connectivity index (χ1v) is 8.40. The lowest BCUT2D eigenvalue weighted by atomic mass is 10.2. The van der Waals surface area contributed by atoms with E-state index in [1.165, 1.54) is 23.6 Å². The molecule has 0 aliphatic carbocycles. The Balaban J connectivity index is 1.77. The third kappa shape index (κ3) is 3.83. The minimum atomic E-state index is -0.608. The fourth-order valence-electron chi connectivity index (χ4n) is 2.18. The van der Waals surface area contributed by atoms with E-state index in [0.717, 1.165) is 11.3 Å². The molecule has 1 N–H and O–H groups in total. The van der Waals surface area contributed by atoms with E-state index in [1.54, 1.807) is 31.2 Å². The molecule has 0 radical (unpaired) electrons. The summed E-state index contributed by atoms with van der Waals surface area (Å²) in [6.45, 7) is 2.21. The zero-order valence-corrected chi connectivity index (χ0v) is 14.1. The van der Waals surface area contributed by atoms with Crippen LogP contribution >= 0.6 is 11.3 Å². The number of thiazole rings is 1. The van der Waals surface area contributed by atoms with Crippen LogP contribution in [0.5, 0.6) is 5.75 Å². The van der Waals surface area contributed by atoms with Crippen LogP contribution in [0.2, 0.25) is 0 Å². The van der Waals surface area contributed by atoms with E-state index in [9.17, 15) is 13.6 Å². The minimum absolute atomic E-state index is 0.0221. The van der Waals surface area contributed by atoms with Crippen molar-refractivity contribution in [2.45, 2.75) is 6.92 Å². The quantitative estimate of drug-likeness (QED) is 0.715. The molecule has 0 aliphatic heterocycles. The average molecular weight is 360 g/mol. The second-order valence-corrected chi connectivity index (χ2v) is 5.90. The van der Waals surface area contributed by atoms with Gasteiger partial charge in [-0.05, 0) is 31.2 Å². The lowest BCUT2D eigenvalue weighted by Gasteiger charge is -2.07. The van der Waals surface area contributed by atoms with Crippen LogP contribution in [-0.4, -0.2) is 17.5 Å². The van der Waals surface area contributed by atoms with Crippen LogP contribution in [0.3, 0.4) is 0 Å². The van der Waals surface area contributed by atoms with E-state index in [1.807, 2.05) is 0 Å². The molecule has 3 rings (SSSR count). The summed E-state index contributed by atoms with van der Waals surface area (Å²) in [5.41, 5.74) is 0.434. The maximum atomic E-state index is 14.0. The summed E-state index contributed by atoms with van der Waals surface area (Å²) in [4.78, 5) is 16.4. The highest BCUT2D eigenvalue weighted by Gasteiger charge is 2.15. The van der Waals surface area contributed by atoms with E-state index < -0.39 is 17.5 Å². The predicted octanol–water partition coefficient (Wildman–Crippen LogP) is 4.74. The fraction of sp³-hybridized carbons (Fsp3) is 0.111. The molecule has 0 atom stereocenters. The number of hydrogen-bond acceptors (Lipinski definition) is 4. The summed E-state index contributed by atoms with van der Waals surface area (Å²) in [6, 6.07) is 10.4. The van der Waals surface area contributed by atoms with Gasteiger partial charge in [0.1, 0.15) is 28.1 Å². The molecular formula is C18H14F2N2O2S. The average Bonchev–Trinajstić information content (AvgIpc) is 3.08. The van der Waals surface area contributed by atoms with Gasteiger partial charge in [0.25, 0.3) is 5.91 Å². The summed E-state index contributed by atoms with van der Waals surface area (Å²) in [5, 5.41) is 4.34. The van der Waals surface area contributed by atoms with Gasteiger partial charge in [0, 0.05) is 17.0 Å². The normalized spacial score (nSPS) is 10.5. The molecular weight excluding hydrogens is 346 g/mol. The third-order valence-corrected chi connectivity index (χ3v) is 4.22. The lowest BCUT2D eigenvalue weighted by Crippen LogP contribution is -2.13. The largest absolute Gasteiger partial charge is 0.494 e. The molecule has 1 amide bonds. The lowest BCUT2D eigenvalue weighted by molar-refractivity contribution is 0.102. The standard InChI is InChI=1S/C18H14F2N2O2S/c1-2-24-11-7-8-15(14(20)9-11)21-17(23)16-10-25-18(22-16)12-5-3-4-6-13(12)19/h3-10H,2H2,1H3,(H,21,23). The topological polar surface area (TPSA) is 51.2 Å². The van der Waals surface area contributed by atoms with Gasteiger partial charge in [-0.1, -0.05) is 12.1 Å². The number of halogens is 2. The Bertz CT molecular complexity index is 912. The first-order chi connectivity index (χ1) is 12.1.